The first-order valence-corrected chi connectivity index (χ1v) is 7.10. The van der Waals surface area contributed by atoms with Crippen LogP contribution in [0.1, 0.15) is 16.7 Å². The molecule has 2 nitrogen and oxygen atoms in total. The van der Waals surface area contributed by atoms with Crippen molar-refractivity contribution in [1.82, 2.24) is 0 Å². The number of ether oxygens (including phenoxy) is 1. The van der Waals surface area contributed by atoms with Crippen molar-refractivity contribution in [2.45, 2.75) is 6.42 Å². The van der Waals surface area contributed by atoms with Crippen LogP contribution in [0.4, 0.5) is 0 Å². The van der Waals surface area contributed by atoms with Crippen LogP contribution in [0, 0.1) is 35.0 Å². The Balaban J connectivity index is 1.91. The number of rotatable bonds is 2. The molecule has 0 N–H and O–H groups in total. The SMILES string of the molecule is COc1ccc(CC#CC=CC#Cc2ccccc2C#N)cc1. The Kier molecular flexibility index (Phi) is 6.10. The van der Waals surface area contributed by atoms with E-state index in [-0.39, 0.29) is 0 Å². The van der Waals surface area contributed by atoms with E-state index in [0.29, 0.717) is 12.0 Å². The number of allylic oxidation sites excluding steroid dienone is 2. The number of nitrogens with zero attached hydrogens (tertiary/aromatic N) is 1. The first kappa shape index (κ1) is 16.0. The molecule has 0 saturated carbocycles. The van der Waals surface area contributed by atoms with Gasteiger partial charge >= 0.3 is 0 Å². The number of methoxy groups -OCH3 is 1. The fourth-order valence-corrected chi connectivity index (χ4v) is 1.85. The third kappa shape index (κ3) is 5.13. The molecule has 0 bridgehead atoms. The Morgan fingerprint density at radius 1 is 0.957 bits per heavy atom. The minimum absolute atomic E-state index is 0.582. The van der Waals surface area contributed by atoms with Crippen LogP contribution >= 0.6 is 0 Å². The van der Waals surface area contributed by atoms with Crippen LogP contribution < -0.4 is 4.74 Å². The van der Waals surface area contributed by atoms with E-state index in [1.165, 1.54) is 0 Å². The monoisotopic (exact) mass is 297 g/mol. The summed E-state index contributed by atoms with van der Waals surface area (Å²) in [6.07, 6.45) is 4.08. The third-order valence-electron chi connectivity index (χ3n) is 3.06. The van der Waals surface area contributed by atoms with Gasteiger partial charge in [-0.3, -0.25) is 0 Å². The van der Waals surface area contributed by atoms with Gasteiger partial charge in [0, 0.05) is 12.0 Å². The fraction of sp³-hybridized carbons (Fsp3) is 0.0952. The molecule has 0 saturated heterocycles. The van der Waals surface area contributed by atoms with Gasteiger partial charge in [-0.05, 0) is 42.0 Å². The normalized spacial score (nSPS) is 9.22. The van der Waals surface area contributed by atoms with Gasteiger partial charge in [-0.2, -0.15) is 5.26 Å². The Labute approximate surface area is 137 Å². The van der Waals surface area contributed by atoms with Crippen LogP contribution in [0.2, 0.25) is 0 Å². The van der Waals surface area contributed by atoms with E-state index in [4.69, 9.17) is 10.00 Å². The zero-order valence-electron chi connectivity index (χ0n) is 12.8. The molecule has 0 radical (unpaired) electrons. The van der Waals surface area contributed by atoms with E-state index < -0.39 is 0 Å². The molecule has 0 aromatic heterocycles. The van der Waals surface area contributed by atoms with Crippen molar-refractivity contribution in [3.8, 4) is 35.5 Å². The summed E-state index contributed by atoms with van der Waals surface area (Å²) in [6.45, 7) is 0. The molecule has 0 unspecified atom stereocenters. The maximum absolute atomic E-state index is 8.97. The van der Waals surface area contributed by atoms with Crippen molar-refractivity contribution >= 4 is 0 Å². The highest BCUT2D eigenvalue weighted by Crippen LogP contribution is 2.11. The molecule has 0 aliphatic heterocycles. The zero-order chi connectivity index (χ0) is 16.3. The standard InChI is InChI=1S/C21H15NO/c1-23-21-15-13-18(14-16-21)9-5-3-2-4-6-10-19-11-7-8-12-20(19)17-22/h2,4,7-8,11-16H,9H2,1H3. The Hall–Kier alpha value is -3.41. The van der Waals surface area contributed by atoms with E-state index in [0.717, 1.165) is 16.9 Å². The largest absolute Gasteiger partial charge is 0.497 e. The molecule has 2 aromatic rings. The molecule has 0 aliphatic carbocycles. The van der Waals surface area contributed by atoms with Crippen molar-refractivity contribution in [3.05, 3.63) is 77.4 Å². The van der Waals surface area contributed by atoms with Crippen molar-refractivity contribution in [2.24, 2.45) is 0 Å². The van der Waals surface area contributed by atoms with Crippen LogP contribution in [0.25, 0.3) is 0 Å². The van der Waals surface area contributed by atoms with E-state index in [1.807, 2.05) is 42.5 Å². The van der Waals surface area contributed by atoms with Crippen LogP contribution in [-0.2, 0) is 6.42 Å². The van der Waals surface area contributed by atoms with Crippen LogP contribution in [0.3, 0.4) is 0 Å². The van der Waals surface area contributed by atoms with Crippen molar-refractivity contribution in [3.63, 3.8) is 0 Å². The maximum Gasteiger partial charge on any atom is 0.118 e. The van der Waals surface area contributed by atoms with Gasteiger partial charge in [0.05, 0.1) is 12.7 Å². The molecule has 0 spiro atoms. The highest BCUT2D eigenvalue weighted by molar-refractivity contribution is 5.49. The summed E-state index contributed by atoms with van der Waals surface area (Å²) in [6, 6.07) is 17.2. The Morgan fingerprint density at radius 3 is 2.35 bits per heavy atom. The molecule has 0 atom stereocenters. The summed E-state index contributed by atoms with van der Waals surface area (Å²) in [4.78, 5) is 0. The number of benzene rings is 2. The smallest absolute Gasteiger partial charge is 0.118 e. The van der Waals surface area contributed by atoms with Crippen LogP contribution in [-0.4, -0.2) is 7.11 Å². The van der Waals surface area contributed by atoms with Gasteiger partial charge in [0.2, 0.25) is 0 Å². The number of hydrogen-bond acceptors (Lipinski definition) is 2. The lowest BCUT2D eigenvalue weighted by Gasteiger charge is -1.99. The van der Waals surface area contributed by atoms with Crippen LogP contribution in [0.15, 0.2) is 60.7 Å². The second kappa shape index (κ2) is 8.78. The van der Waals surface area contributed by atoms with Crippen molar-refractivity contribution < 1.29 is 4.74 Å². The quantitative estimate of drug-likeness (QED) is 0.791. The summed E-state index contributed by atoms with van der Waals surface area (Å²) < 4.78 is 5.11. The third-order valence-corrected chi connectivity index (χ3v) is 3.06. The van der Waals surface area contributed by atoms with E-state index in [9.17, 15) is 0 Å². The zero-order valence-corrected chi connectivity index (χ0v) is 12.8. The number of nitriles is 1. The molecular formula is C21H15NO. The van der Waals surface area contributed by atoms with Gasteiger partial charge < -0.3 is 4.74 Å². The molecule has 23 heavy (non-hydrogen) atoms. The highest BCUT2D eigenvalue weighted by atomic mass is 16.5. The second-order valence-electron chi connectivity index (χ2n) is 4.61. The van der Waals surface area contributed by atoms with Crippen LogP contribution in [0.5, 0.6) is 5.75 Å². The highest BCUT2D eigenvalue weighted by Gasteiger charge is 1.94. The first-order valence-electron chi connectivity index (χ1n) is 7.10. The molecule has 2 heteroatoms. The number of hydrogen-bond donors (Lipinski definition) is 0. The van der Waals surface area contributed by atoms with E-state index >= 15 is 0 Å². The van der Waals surface area contributed by atoms with E-state index in [2.05, 4.69) is 29.8 Å². The molecule has 110 valence electrons. The van der Waals surface area contributed by atoms with Gasteiger partial charge in [-0.1, -0.05) is 47.9 Å². The minimum atomic E-state index is 0.582. The topological polar surface area (TPSA) is 33.0 Å². The average molecular weight is 297 g/mol. The van der Waals surface area contributed by atoms with E-state index in [1.54, 1.807) is 25.3 Å². The predicted molar refractivity (Wildman–Crippen MR) is 91.6 cm³/mol. The molecule has 2 aromatic carbocycles. The van der Waals surface area contributed by atoms with Gasteiger partial charge in [0.25, 0.3) is 0 Å². The summed E-state index contributed by atoms with van der Waals surface area (Å²) in [5.41, 5.74) is 2.45. The summed E-state index contributed by atoms with van der Waals surface area (Å²) in [7, 11) is 1.65. The molecule has 0 aliphatic rings. The molecule has 0 fully saturated rings. The average Bonchev–Trinajstić information content (AvgIpc) is 2.61. The Morgan fingerprint density at radius 2 is 1.65 bits per heavy atom. The first-order chi connectivity index (χ1) is 11.3. The van der Waals surface area contributed by atoms with Gasteiger partial charge in [-0.25, -0.2) is 0 Å². The summed E-state index contributed by atoms with van der Waals surface area (Å²) in [5.74, 6) is 12.7. The second-order valence-corrected chi connectivity index (χ2v) is 4.61. The Bertz CT molecular complexity index is 847. The van der Waals surface area contributed by atoms with Gasteiger partial charge in [-0.15, -0.1) is 0 Å². The fourth-order valence-electron chi connectivity index (χ4n) is 1.85. The van der Waals surface area contributed by atoms with Gasteiger partial charge in [0.1, 0.15) is 11.8 Å². The molecular weight excluding hydrogens is 282 g/mol. The minimum Gasteiger partial charge on any atom is -0.497 e. The lowest BCUT2D eigenvalue weighted by atomic mass is 10.1. The van der Waals surface area contributed by atoms with Crippen molar-refractivity contribution in [2.75, 3.05) is 7.11 Å². The van der Waals surface area contributed by atoms with Gasteiger partial charge in [0.15, 0.2) is 0 Å². The molecule has 0 amide bonds. The lowest BCUT2D eigenvalue weighted by Crippen LogP contribution is -1.84. The maximum atomic E-state index is 8.97. The van der Waals surface area contributed by atoms with Crippen molar-refractivity contribution in [1.29, 1.82) is 5.26 Å². The molecule has 0 heterocycles. The molecule has 2 rings (SSSR count). The predicted octanol–water partition coefficient (Wildman–Crippen LogP) is 3.72. The lowest BCUT2D eigenvalue weighted by molar-refractivity contribution is 0.414. The summed E-state index contributed by atoms with van der Waals surface area (Å²) in [5, 5.41) is 8.97. The summed E-state index contributed by atoms with van der Waals surface area (Å²) >= 11 is 0.